The molecular formula is C22H29FN4O. The highest BCUT2D eigenvalue weighted by Gasteiger charge is 2.05. The molecule has 2 aromatic carbocycles. The maximum atomic E-state index is 13.3. The third-order valence-electron chi connectivity index (χ3n) is 4.40. The van der Waals surface area contributed by atoms with Crippen LogP contribution in [0, 0.1) is 12.7 Å². The van der Waals surface area contributed by atoms with Crippen LogP contribution in [0.1, 0.15) is 46.8 Å². The van der Waals surface area contributed by atoms with Gasteiger partial charge in [0.15, 0.2) is 5.96 Å². The summed E-state index contributed by atoms with van der Waals surface area (Å²) in [5.41, 5.74) is 3.32. The zero-order valence-corrected chi connectivity index (χ0v) is 16.8. The van der Waals surface area contributed by atoms with Gasteiger partial charge in [-0.15, -0.1) is 0 Å². The van der Waals surface area contributed by atoms with E-state index < -0.39 is 0 Å². The highest BCUT2D eigenvalue weighted by molar-refractivity contribution is 5.94. The van der Waals surface area contributed by atoms with Crippen LogP contribution in [-0.2, 0) is 13.1 Å². The molecule has 0 saturated carbocycles. The van der Waals surface area contributed by atoms with Crippen molar-refractivity contribution in [2.45, 2.75) is 39.8 Å². The van der Waals surface area contributed by atoms with Crippen molar-refractivity contribution in [3.63, 3.8) is 0 Å². The van der Waals surface area contributed by atoms with E-state index in [9.17, 15) is 9.18 Å². The van der Waals surface area contributed by atoms with Crippen molar-refractivity contribution in [2.24, 2.45) is 4.99 Å². The molecule has 2 rings (SSSR count). The fraction of sp³-hybridized carbons (Fsp3) is 0.364. The number of halogens is 1. The first-order valence-corrected chi connectivity index (χ1v) is 9.60. The number of carbonyl (C=O) groups excluding carboxylic acids is 1. The number of aliphatic imine (C=N–C) groups is 1. The lowest BCUT2D eigenvalue weighted by Crippen LogP contribution is -2.36. The van der Waals surface area contributed by atoms with Crippen LogP contribution in [0.4, 0.5) is 4.39 Å². The highest BCUT2D eigenvalue weighted by Crippen LogP contribution is 2.09. The van der Waals surface area contributed by atoms with Gasteiger partial charge in [0.05, 0.1) is 0 Å². The van der Waals surface area contributed by atoms with E-state index in [0.29, 0.717) is 36.7 Å². The van der Waals surface area contributed by atoms with Gasteiger partial charge >= 0.3 is 0 Å². The monoisotopic (exact) mass is 384 g/mol. The van der Waals surface area contributed by atoms with E-state index in [-0.39, 0.29) is 11.7 Å². The van der Waals surface area contributed by atoms with Crippen LogP contribution in [-0.4, -0.2) is 25.5 Å². The van der Waals surface area contributed by atoms with Crippen LogP contribution < -0.4 is 16.0 Å². The van der Waals surface area contributed by atoms with E-state index in [2.05, 4.69) is 27.9 Å². The van der Waals surface area contributed by atoms with Crippen molar-refractivity contribution in [2.75, 3.05) is 13.6 Å². The molecule has 0 atom stereocenters. The number of guanidine groups is 1. The Labute approximate surface area is 166 Å². The topological polar surface area (TPSA) is 65.5 Å². The van der Waals surface area contributed by atoms with Crippen molar-refractivity contribution < 1.29 is 9.18 Å². The molecule has 6 heteroatoms. The SMILES string of the molecule is CCCCNC(=O)c1ccc(CNC(=NC)NCc2ccc(F)c(C)c2)cc1. The molecule has 0 aliphatic rings. The standard InChI is InChI=1S/C22H29FN4O/c1-4-5-12-25-21(28)19-9-6-17(7-10-19)14-26-22(24-3)27-15-18-8-11-20(23)16(2)13-18/h6-11,13H,4-5,12,14-15H2,1-3H3,(H,25,28)(H2,24,26,27). The van der Waals surface area contributed by atoms with Gasteiger partial charge in [-0.2, -0.15) is 0 Å². The third kappa shape index (κ3) is 6.68. The fourth-order valence-corrected chi connectivity index (χ4v) is 2.66. The molecule has 0 aliphatic heterocycles. The Morgan fingerprint density at radius 1 is 1.00 bits per heavy atom. The van der Waals surface area contributed by atoms with Gasteiger partial charge in [0.1, 0.15) is 5.82 Å². The quantitative estimate of drug-likeness (QED) is 0.371. The van der Waals surface area contributed by atoms with Gasteiger partial charge in [0, 0.05) is 32.2 Å². The van der Waals surface area contributed by atoms with Gasteiger partial charge in [0.2, 0.25) is 0 Å². The molecule has 0 saturated heterocycles. The number of nitrogens with one attached hydrogen (secondary N) is 3. The predicted octanol–water partition coefficient (Wildman–Crippen LogP) is 3.53. The summed E-state index contributed by atoms with van der Waals surface area (Å²) in [6.07, 6.45) is 2.04. The number of hydrogen-bond acceptors (Lipinski definition) is 2. The van der Waals surface area contributed by atoms with Crippen LogP contribution in [0.25, 0.3) is 0 Å². The molecule has 3 N–H and O–H groups in total. The molecule has 0 aliphatic carbocycles. The van der Waals surface area contributed by atoms with Crippen LogP contribution in [0.15, 0.2) is 47.5 Å². The number of nitrogens with zero attached hydrogens (tertiary/aromatic N) is 1. The van der Waals surface area contributed by atoms with Crippen LogP contribution in [0.3, 0.4) is 0 Å². The first kappa shape index (κ1) is 21.4. The second-order valence-corrected chi connectivity index (χ2v) is 6.67. The summed E-state index contributed by atoms with van der Waals surface area (Å²) < 4.78 is 13.3. The number of benzene rings is 2. The average Bonchev–Trinajstić information content (AvgIpc) is 2.71. The number of carbonyl (C=O) groups is 1. The number of hydrogen-bond donors (Lipinski definition) is 3. The third-order valence-corrected chi connectivity index (χ3v) is 4.40. The van der Waals surface area contributed by atoms with Gasteiger partial charge in [-0.3, -0.25) is 9.79 Å². The summed E-state index contributed by atoms with van der Waals surface area (Å²) in [5.74, 6) is 0.414. The van der Waals surface area contributed by atoms with Crippen LogP contribution >= 0.6 is 0 Å². The number of rotatable bonds is 8. The molecule has 0 aromatic heterocycles. The second kappa shape index (κ2) is 11.1. The van der Waals surface area contributed by atoms with Crippen LogP contribution in [0.2, 0.25) is 0 Å². The number of aryl methyl sites for hydroxylation is 1. The lowest BCUT2D eigenvalue weighted by atomic mass is 10.1. The molecule has 28 heavy (non-hydrogen) atoms. The van der Waals surface area contributed by atoms with E-state index in [1.807, 2.05) is 30.3 Å². The zero-order chi connectivity index (χ0) is 20.4. The number of unbranched alkanes of at least 4 members (excludes halogenated alkanes) is 1. The largest absolute Gasteiger partial charge is 0.352 e. The fourth-order valence-electron chi connectivity index (χ4n) is 2.66. The molecule has 1 amide bonds. The van der Waals surface area contributed by atoms with E-state index in [4.69, 9.17) is 0 Å². The maximum Gasteiger partial charge on any atom is 0.251 e. The van der Waals surface area contributed by atoms with Crippen molar-refractivity contribution in [3.8, 4) is 0 Å². The molecular weight excluding hydrogens is 355 g/mol. The van der Waals surface area contributed by atoms with Gasteiger partial charge in [-0.05, 0) is 48.2 Å². The van der Waals surface area contributed by atoms with Crippen molar-refractivity contribution in [3.05, 3.63) is 70.5 Å². The summed E-state index contributed by atoms with van der Waals surface area (Å²) in [6.45, 7) is 5.68. The van der Waals surface area contributed by atoms with E-state index >= 15 is 0 Å². The lowest BCUT2D eigenvalue weighted by Gasteiger charge is -2.13. The first-order valence-electron chi connectivity index (χ1n) is 9.60. The summed E-state index contributed by atoms with van der Waals surface area (Å²) >= 11 is 0. The molecule has 0 fully saturated rings. The minimum atomic E-state index is -0.200. The molecule has 0 heterocycles. The smallest absolute Gasteiger partial charge is 0.251 e. The molecule has 2 aromatic rings. The molecule has 0 unspecified atom stereocenters. The summed E-state index contributed by atoms with van der Waals surface area (Å²) in [4.78, 5) is 16.2. The predicted molar refractivity (Wildman–Crippen MR) is 112 cm³/mol. The summed E-state index contributed by atoms with van der Waals surface area (Å²) in [6, 6.07) is 12.6. The Hall–Kier alpha value is -2.89. The Bertz CT molecular complexity index is 803. The average molecular weight is 384 g/mol. The van der Waals surface area contributed by atoms with E-state index in [0.717, 1.165) is 24.0 Å². The zero-order valence-electron chi connectivity index (χ0n) is 16.8. The molecule has 0 radical (unpaired) electrons. The maximum absolute atomic E-state index is 13.3. The van der Waals surface area contributed by atoms with Crippen molar-refractivity contribution in [1.29, 1.82) is 0 Å². The molecule has 5 nitrogen and oxygen atoms in total. The van der Waals surface area contributed by atoms with Crippen LogP contribution in [0.5, 0.6) is 0 Å². The van der Waals surface area contributed by atoms with Gasteiger partial charge in [0.25, 0.3) is 5.91 Å². The Morgan fingerprint density at radius 2 is 1.64 bits per heavy atom. The minimum absolute atomic E-state index is 0.0416. The van der Waals surface area contributed by atoms with Gasteiger partial charge in [-0.1, -0.05) is 37.6 Å². The normalized spacial score (nSPS) is 11.2. The first-order chi connectivity index (χ1) is 13.5. The number of amides is 1. The minimum Gasteiger partial charge on any atom is -0.352 e. The Kier molecular flexibility index (Phi) is 8.46. The summed E-state index contributed by atoms with van der Waals surface area (Å²) in [5, 5.41) is 9.36. The summed E-state index contributed by atoms with van der Waals surface area (Å²) in [7, 11) is 1.70. The van der Waals surface area contributed by atoms with Crippen molar-refractivity contribution >= 4 is 11.9 Å². The Morgan fingerprint density at radius 3 is 2.25 bits per heavy atom. The van der Waals surface area contributed by atoms with E-state index in [1.165, 1.54) is 6.07 Å². The molecule has 150 valence electrons. The second-order valence-electron chi connectivity index (χ2n) is 6.67. The van der Waals surface area contributed by atoms with E-state index in [1.54, 1.807) is 20.0 Å². The van der Waals surface area contributed by atoms with Crippen molar-refractivity contribution in [1.82, 2.24) is 16.0 Å². The highest BCUT2D eigenvalue weighted by atomic mass is 19.1. The van der Waals surface area contributed by atoms with Gasteiger partial charge in [-0.25, -0.2) is 4.39 Å². The van der Waals surface area contributed by atoms with Gasteiger partial charge < -0.3 is 16.0 Å². The molecule has 0 bridgehead atoms. The molecule has 0 spiro atoms. The lowest BCUT2D eigenvalue weighted by molar-refractivity contribution is 0.0953. The Balaban J connectivity index is 1.82.